The van der Waals surface area contributed by atoms with E-state index >= 15 is 0 Å². The average molecular weight is 380 g/mol. The largest absolute Gasteiger partial charge is 0.469 e. The summed E-state index contributed by atoms with van der Waals surface area (Å²) in [5, 5.41) is 9.07. The minimum atomic E-state index is -0.367. The Morgan fingerprint density at radius 2 is 1.92 bits per heavy atom. The summed E-state index contributed by atoms with van der Waals surface area (Å²) in [7, 11) is 1.63. The molecular weight excluding hydrogens is 358 g/mol. The third kappa shape index (κ3) is 5.59. The van der Waals surface area contributed by atoms with Crippen molar-refractivity contribution in [2.45, 2.75) is 6.92 Å². The molecule has 140 valence electrons. The highest BCUT2D eigenvalue weighted by atomic mass is 35.5. The van der Waals surface area contributed by atoms with Gasteiger partial charge in [-0.3, -0.25) is 9.59 Å². The smallest absolute Gasteiger partial charge is 0.259 e. The molecule has 8 heteroatoms. The van der Waals surface area contributed by atoms with E-state index in [1.165, 1.54) is 6.26 Å². The molecule has 3 N–H and O–H groups in total. The number of nitrogens with one attached hydrogen (secondary N) is 3. The fourth-order valence-corrected chi connectivity index (χ4v) is 2.46. The molecular formula is C18H22ClN3O4. The number of carbonyl (C=O) groups excluding carboxylic acids is 2. The van der Waals surface area contributed by atoms with Gasteiger partial charge in [-0.25, -0.2) is 0 Å². The van der Waals surface area contributed by atoms with E-state index in [0.29, 0.717) is 53.8 Å². The van der Waals surface area contributed by atoms with E-state index in [4.69, 9.17) is 20.8 Å². The van der Waals surface area contributed by atoms with Gasteiger partial charge in [-0.2, -0.15) is 0 Å². The molecule has 1 aromatic carbocycles. The van der Waals surface area contributed by atoms with Gasteiger partial charge in [-0.05, 0) is 31.2 Å². The second-order valence-corrected chi connectivity index (χ2v) is 5.97. The van der Waals surface area contributed by atoms with E-state index in [2.05, 4.69) is 16.0 Å². The van der Waals surface area contributed by atoms with Crippen LogP contribution in [0.5, 0.6) is 0 Å². The molecule has 0 saturated heterocycles. The summed E-state index contributed by atoms with van der Waals surface area (Å²) in [5.74, 6) is -0.166. The first kappa shape index (κ1) is 20.0. The van der Waals surface area contributed by atoms with Gasteiger partial charge in [0, 0.05) is 31.8 Å². The minimum absolute atomic E-state index is 0.297. The van der Waals surface area contributed by atoms with Crippen LogP contribution in [0.15, 0.2) is 34.9 Å². The fraction of sp³-hybridized carbons (Fsp3) is 0.333. The number of aryl methyl sites for hydroxylation is 1. The van der Waals surface area contributed by atoms with Crippen molar-refractivity contribution < 1.29 is 18.7 Å². The molecule has 0 aliphatic heterocycles. The van der Waals surface area contributed by atoms with Gasteiger partial charge in [0.25, 0.3) is 11.8 Å². The zero-order valence-electron chi connectivity index (χ0n) is 14.7. The molecule has 0 saturated carbocycles. The molecule has 1 heterocycles. The average Bonchev–Trinajstić information content (AvgIpc) is 3.04. The van der Waals surface area contributed by atoms with Crippen LogP contribution in [0.2, 0.25) is 5.02 Å². The number of amides is 2. The number of rotatable bonds is 9. The van der Waals surface area contributed by atoms with E-state index in [1.807, 2.05) is 0 Å². The maximum absolute atomic E-state index is 12.4. The second-order valence-electron chi connectivity index (χ2n) is 5.53. The third-order valence-electron chi connectivity index (χ3n) is 3.65. The minimum Gasteiger partial charge on any atom is -0.469 e. The molecule has 2 rings (SSSR count). The maximum atomic E-state index is 12.4. The molecule has 0 aliphatic rings. The van der Waals surface area contributed by atoms with Crippen LogP contribution >= 0.6 is 11.6 Å². The Labute approximate surface area is 157 Å². The van der Waals surface area contributed by atoms with Gasteiger partial charge in [0.15, 0.2) is 0 Å². The van der Waals surface area contributed by atoms with Gasteiger partial charge in [-0.15, -0.1) is 0 Å². The van der Waals surface area contributed by atoms with Gasteiger partial charge in [0.05, 0.1) is 29.7 Å². The highest BCUT2D eigenvalue weighted by molar-refractivity contribution is 6.31. The molecule has 2 aromatic rings. The molecule has 0 aliphatic carbocycles. The monoisotopic (exact) mass is 379 g/mol. The number of benzene rings is 1. The molecule has 26 heavy (non-hydrogen) atoms. The Bertz CT molecular complexity index is 761. The number of anilines is 1. The predicted molar refractivity (Wildman–Crippen MR) is 99.9 cm³/mol. The summed E-state index contributed by atoms with van der Waals surface area (Å²) < 4.78 is 10.1. The van der Waals surface area contributed by atoms with Crippen LogP contribution < -0.4 is 16.0 Å². The number of ether oxygens (including phenoxy) is 1. The molecule has 0 fully saturated rings. The molecule has 0 spiro atoms. The van der Waals surface area contributed by atoms with Crippen molar-refractivity contribution >= 4 is 29.1 Å². The summed E-state index contributed by atoms with van der Waals surface area (Å²) >= 11 is 6.01. The van der Waals surface area contributed by atoms with E-state index < -0.39 is 0 Å². The normalized spacial score (nSPS) is 10.6. The molecule has 1 aromatic heterocycles. The van der Waals surface area contributed by atoms with Crippen LogP contribution in [0, 0.1) is 6.92 Å². The molecule has 0 atom stereocenters. The van der Waals surface area contributed by atoms with Crippen molar-refractivity contribution in [2.75, 3.05) is 38.7 Å². The lowest BCUT2D eigenvalue weighted by atomic mass is 10.1. The number of carbonyl (C=O) groups is 2. The van der Waals surface area contributed by atoms with Gasteiger partial charge in [-0.1, -0.05) is 11.6 Å². The van der Waals surface area contributed by atoms with E-state index in [9.17, 15) is 9.59 Å². The van der Waals surface area contributed by atoms with Crippen molar-refractivity contribution in [1.82, 2.24) is 10.6 Å². The lowest BCUT2D eigenvalue weighted by Crippen LogP contribution is -2.33. The summed E-state index contributed by atoms with van der Waals surface area (Å²) in [4.78, 5) is 24.8. The highest BCUT2D eigenvalue weighted by Crippen LogP contribution is 2.22. The third-order valence-corrected chi connectivity index (χ3v) is 3.88. The zero-order valence-corrected chi connectivity index (χ0v) is 15.5. The Morgan fingerprint density at radius 3 is 2.62 bits per heavy atom. The molecule has 2 amide bonds. The van der Waals surface area contributed by atoms with E-state index in [-0.39, 0.29) is 11.8 Å². The lowest BCUT2D eigenvalue weighted by Gasteiger charge is -2.12. The molecule has 0 radical (unpaired) electrons. The Hall–Kier alpha value is -2.35. The van der Waals surface area contributed by atoms with Crippen molar-refractivity contribution in [3.63, 3.8) is 0 Å². The Balaban J connectivity index is 2.01. The quantitative estimate of drug-likeness (QED) is 0.582. The number of furan rings is 1. The number of hydrogen-bond acceptors (Lipinski definition) is 5. The molecule has 0 bridgehead atoms. The van der Waals surface area contributed by atoms with Gasteiger partial charge in [0.1, 0.15) is 5.76 Å². The van der Waals surface area contributed by atoms with Gasteiger partial charge in [0.2, 0.25) is 0 Å². The Morgan fingerprint density at radius 1 is 1.12 bits per heavy atom. The van der Waals surface area contributed by atoms with Crippen molar-refractivity contribution in [3.8, 4) is 0 Å². The van der Waals surface area contributed by atoms with Crippen LogP contribution in [-0.4, -0.2) is 45.2 Å². The Kier molecular flexibility index (Phi) is 7.65. The van der Waals surface area contributed by atoms with Crippen LogP contribution in [0.1, 0.15) is 26.5 Å². The number of hydrogen-bond donors (Lipinski definition) is 3. The second kappa shape index (κ2) is 9.96. The maximum Gasteiger partial charge on any atom is 0.259 e. The van der Waals surface area contributed by atoms with Crippen molar-refractivity contribution in [3.05, 3.63) is 52.4 Å². The summed E-state index contributed by atoms with van der Waals surface area (Å²) in [5.41, 5.74) is 1.08. The molecule has 0 unspecified atom stereocenters. The fourth-order valence-electron chi connectivity index (χ4n) is 2.29. The first-order chi connectivity index (χ1) is 12.5. The first-order valence-electron chi connectivity index (χ1n) is 8.15. The number of halogens is 1. The lowest BCUT2D eigenvalue weighted by molar-refractivity contribution is 0.0954. The SMILES string of the molecule is COCCNCCNC(=O)c1ccc(Cl)cc1NC(=O)c1ccoc1C. The van der Waals surface area contributed by atoms with Crippen LogP contribution in [0.4, 0.5) is 5.69 Å². The predicted octanol–water partition coefficient (Wildman–Crippen LogP) is 2.46. The number of methoxy groups -OCH3 is 1. The summed E-state index contributed by atoms with van der Waals surface area (Å²) in [6.45, 7) is 4.06. The van der Waals surface area contributed by atoms with Crippen molar-refractivity contribution in [1.29, 1.82) is 0 Å². The molecule has 7 nitrogen and oxygen atoms in total. The standard InChI is InChI=1S/C18H22ClN3O4/c1-12-14(5-9-26-12)18(24)22-16-11-13(19)3-4-15(16)17(23)21-7-6-20-8-10-25-2/h3-5,9,11,20H,6-8,10H2,1-2H3,(H,21,23)(H,22,24). The van der Waals surface area contributed by atoms with E-state index in [0.717, 1.165) is 0 Å². The van der Waals surface area contributed by atoms with Crippen molar-refractivity contribution in [2.24, 2.45) is 0 Å². The van der Waals surface area contributed by atoms with Crippen LogP contribution in [0.25, 0.3) is 0 Å². The summed E-state index contributed by atoms with van der Waals surface area (Å²) in [6, 6.07) is 6.29. The van der Waals surface area contributed by atoms with E-state index in [1.54, 1.807) is 38.3 Å². The van der Waals surface area contributed by atoms with Gasteiger partial charge < -0.3 is 25.1 Å². The van der Waals surface area contributed by atoms with Crippen LogP contribution in [-0.2, 0) is 4.74 Å². The summed E-state index contributed by atoms with van der Waals surface area (Å²) in [6.07, 6.45) is 1.44. The van der Waals surface area contributed by atoms with Gasteiger partial charge >= 0.3 is 0 Å². The van der Waals surface area contributed by atoms with Crippen LogP contribution in [0.3, 0.4) is 0 Å². The first-order valence-corrected chi connectivity index (χ1v) is 8.53. The topological polar surface area (TPSA) is 92.6 Å². The highest BCUT2D eigenvalue weighted by Gasteiger charge is 2.17. The zero-order chi connectivity index (χ0) is 18.9.